The smallest absolute Gasteiger partial charge is 0.127 e. The minimum absolute atomic E-state index is 0.0890. The molecule has 0 aromatic heterocycles. The number of rotatable bonds is 1. The van der Waals surface area contributed by atoms with Crippen LogP contribution in [0.3, 0.4) is 0 Å². The molecule has 2 aliphatic heterocycles. The summed E-state index contributed by atoms with van der Waals surface area (Å²) >= 11 is 0. The van der Waals surface area contributed by atoms with Crippen LogP contribution in [0.25, 0.3) is 0 Å². The Morgan fingerprint density at radius 2 is 1.94 bits per heavy atom. The molecule has 0 radical (unpaired) electrons. The standard InChI is InChI=1S/C15H24O2/c1-10(2)14-7-6-12(4)15(17-16-14)8-5-11(3)13(15)9-14/h9-12H,5-8H2,1-4H3. The first-order valence-electron chi connectivity index (χ1n) is 7.10. The summed E-state index contributed by atoms with van der Waals surface area (Å²) < 4.78 is 0. The third-order valence-corrected chi connectivity index (χ3v) is 5.46. The second kappa shape index (κ2) is 3.58. The summed E-state index contributed by atoms with van der Waals surface area (Å²) in [5.74, 6) is 1.73. The molecule has 2 heteroatoms. The molecule has 4 atom stereocenters. The van der Waals surface area contributed by atoms with Crippen molar-refractivity contribution in [2.45, 2.75) is 64.6 Å². The zero-order chi connectivity index (χ0) is 12.3. The van der Waals surface area contributed by atoms with Gasteiger partial charge in [-0.3, -0.25) is 0 Å². The second-order valence-electron chi connectivity index (χ2n) is 6.64. The van der Waals surface area contributed by atoms with E-state index < -0.39 is 0 Å². The zero-order valence-corrected chi connectivity index (χ0v) is 11.5. The van der Waals surface area contributed by atoms with Gasteiger partial charge in [0.2, 0.25) is 0 Å². The SMILES string of the molecule is CC1CCC23OOC(C(C)C)(C=C12)CCC3C. The summed E-state index contributed by atoms with van der Waals surface area (Å²) in [5, 5.41) is 0. The highest BCUT2D eigenvalue weighted by Gasteiger charge is 2.57. The summed E-state index contributed by atoms with van der Waals surface area (Å²) in [6, 6.07) is 0. The lowest BCUT2D eigenvalue weighted by molar-refractivity contribution is -0.409. The molecule has 4 unspecified atom stereocenters. The van der Waals surface area contributed by atoms with Crippen molar-refractivity contribution in [2.24, 2.45) is 17.8 Å². The van der Waals surface area contributed by atoms with Crippen LogP contribution in [-0.4, -0.2) is 11.2 Å². The Morgan fingerprint density at radius 3 is 2.65 bits per heavy atom. The van der Waals surface area contributed by atoms with Crippen LogP contribution < -0.4 is 0 Å². The fourth-order valence-corrected chi connectivity index (χ4v) is 3.89. The lowest BCUT2D eigenvalue weighted by Gasteiger charge is -2.42. The van der Waals surface area contributed by atoms with Crippen LogP contribution in [0.15, 0.2) is 11.6 Å². The fraction of sp³-hybridized carbons (Fsp3) is 0.867. The Kier molecular flexibility index (Phi) is 2.47. The molecular formula is C15H24O2. The van der Waals surface area contributed by atoms with Gasteiger partial charge in [-0.05, 0) is 55.1 Å². The average molecular weight is 236 g/mol. The van der Waals surface area contributed by atoms with Gasteiger partial charge in [0, 0.05) is 0 Å². The topological polar surface area (TPSA) is 18.5 Å². The Bertz CT molecular complexity index is 360. The highest BCUT2D eigenvalue weighted by Crippen LogP contribution is 2.56. The lowest BCUT2D eigenvalue weighted by Crippen LogP contribution is -2.46. The summed E-state index contributed by atoms with van der Waals surface area (Å²) in [6.07, 6.45) is 7.13. The first-order valence-corrected chi connectivity index (χ1v) is 7.10. The van der Waals surface area contributed by atoms with Crippen LogP contribution in [0.1, 0.15) is 53.4 Å². The van der Waals surface area contributed by atoms with Gasteiger partial charge in [-0.25, -0.2) is 9.78 Å². The normalized spacial score (nSPS) is 49.1. The molecule has 2 heterocycles. The third kappa shape index (κ3) is 1.40. The predicted octanol–water partition coefficient (Wildman–Crippen LogP) is 3.87. The van der Waals surface area contributed by atoms with E-state index in [9.17, 15) is 0 Å². The fourth-order valence-electron chi connectivity index (χ4n) is 3.89. The van der Waals surface area contributed by atoms with E-state index in [0.29, 0.717) is 17.8 Å². The van der Waals surface area contributed by atoms with Crippen LogP contribution in [0.4, 0.5) is 0 Å². The molecule has 2 bridgehead atoms. The van der Waals surface area contributed by atoms with E-state index in [1.165, 1.54) is 18.4 Å². The van der Waals surface area contributed by atoms with Crippen LogP contribution in [0, 0.1) is 17.8 Å². The van der Waals surface area contributed by atoms with Crippen LogP contribution in [-0.2, 0) is 9.78 Å². The maximum absolute atomic E-state index is 5.99. The van der Waals surface area contributed by atoms with E-state index in [-0.39, 0.29) is 11.2 Å². The van der Waals surface area contributed by atoms with E-state index in [1.54, 1.807) is 0 Å². The van der Waals surface area contributed by atoms with Crippen molar-refractivity contribution in [1.29, 1.82) is 0 Å². The molecule has 0 aromatic rings. The Labute approximate surface area is 104 Å². The highest BCUT2D eigenvalue weighted by molar-refractivity contribution is 5.32. The first kappa shape index (κ1) is 11.7. The van der Waals surface area contributed by atoms with Gasteiger partial charge in [-0.1, -0.05) is 27.7 Å². The molecule has 1 saturated carbocycles. The summed E-state index contributed by atoms with van der Waals surface area (Å²) in [7, 11) is 0. The molecule has 0 N–H and O–H groups in total. The monoisotopic (exact) mass is 236 g/mol. The molecule has 4 rings (SSSR count). The van der Waals surface area contributed by atoms with Gasteiger partial charge in [0.05, 0.1) is 0 Å². The van der Waals surface area contributed by atoms with Gasteiger partial charge < -0.3 is 0 Å². The Morgan fingerprint density at radius 1 is 1.18 bits per heavy atom. The number of fused-ring (bicyclic) bond motifs is 3. The van der Waals surface area contributed by atoms with Gasteiger partial charge in [0.15, 0.2) is 0 Å². The van der Waals surface area contributed by atoms with Crippen molar-refractivity contribution in [3.63, 3.8) is 0 Å². The molecule has 96 valence electrons. The van der Waals surface area contributed by atoms with Crippen molar-refractivity contribution in [3.05, 3.63) is 11.6 Å². The Balaban J connectivity index is 2.11. The molecule has 2 fully saturated rings. The summed E-state index contributed by atoms with van der Waals surface area (Å²) in [6.45, 7) is 9.15. The van der Waals surface area contributed by atoms with E-state index in [4.69, 9.17) is 9.78 Å². The highest BCUT2D eigenvalue weighted by atomic mass is 17.2. The minimum atomic E-state index is -0.164. The Hall–Kier alpha value is -0.340. The van der Waals surface area contributed by atoms with Crippen molar-refractivity contribution in [2.75, 3.05) is 0 Å². The molecule has 0 aromatic carbocycles. The zero-order valence-electron chi connectivity index (χ0n) is 11.5. The largest absolute Gasteiger partial charge is 0.225 e. The maximum Gasteiger partial charge on any atom is 0.127 e. The van der Waals surface area contributed by atoms with E-state index in [1.807, 2.05) is 0 Å². The van der Waals surface area contributed by atoms with Crippen molar-refractivity contribution in [3.8, 4) is 0 Å². The quantitative estimate of drug-likeness (QED) is 0.508. The first-order chi connectivity index (χ1) is 8.00. The van der Waals surface area contributed by atoms with Crippen LogP contribution >= 0.6 is 0 Å². The van der Waals surface area contributed by atoms with Gasteiger partial charge in [-0.2, -0.15) is 0 Å². The molecular weight excluding hydrogens is 212 g/mol. The predicted molar refractivity (Wildman–Crippen MR) is 67.3 cm³/mol. The second-order valence-corrected chi connectivity index (χ2v) is 6.64. The van der Waals surface area contributed by atoms with Crippen LogP contribution in [0.5, 0.6) is 0 Å². The summed E-state index contributed by atoms with van der Waals surface area (Å²) in [4.78, 5) is 11.9. The molecule has 0 amide bonds. The molecule has 1 spiro atoms. The number of hydrogen-bond donors (Lipinski definition) is 0. The number of hydrogen-bond acceptors (Lipinski definition) is 2. The average Bonchev–Trinajstić information content (AvgIpc) is 2.49. The van der Waals surface area contributed by atoms with E-state index >= 15 is 0 Å². The summed E-state index contributed by atoms with van der Waals surface area (Å²) in [5.41, 5.74) is 1.28. The van der Waals surface area contributed by atoms with Crippen molar-refractivity contribution < 1.29 is 9.78 Å². The molecule has 2 aliphatic carbocycles. The lowest BCUT2D eigenvalue weighted by atomic mass is 9.81. The minimum Gasteiger partial charge on any atom is -0.225 e. The maximum atomic E-state index is 5.99. The third-order valence-electron chi connectivity index (χ3n) is 5.46. The van der Waals surface area contributed by atoms with Crippen molar-refractivity contribution in [1.82, 2.24) is 0 Å². The van der Waals surface area contributed by atoms with Crippen molar-refractivity contribution >= 4 is 0 Å². The van der Waals surface area contributed by atoms with Gasteiger partial charge in [0.1, 0.15) is 11.2 Å². The van der Waals surface area contributed by atoms with E-state index in [2.05, 4.69) is 33.8 Å². The van der Waals surface area contributed by atoms with Gasteiger partial charge >= 0.3 is 0 Å². The molecule has 4 aliphatic rings. The molecule has 2 nitrogen and oxygen atoms in total. The van der Waals surface area contributed by atoms with Gasteiger partial charge in [0.25, 0.3) is 0 Å². The van der Waals surface area contributed by atoms with E-state index in [0.717, 1.165) is 12.8 Å². The van der Waals surface area contributed by atoms with Gasteiger partial charge in [-0.15, -0.1) is 0 Å². The van der Waals surface area contributed by atoms with Crippen LogP contribution in [0.2, 0.25) is 0 Å². The molecule has 1 saturated heterocycles. The molecule has 17 heavy (non-hydrogen) atoms.